The zero-order valence-corrected chi connectivity index (χ0v) is 18.8. The second kappa shape index (κ2) is 9.54. The number of hydrogen-bond donors (Lipinski definition) is 0. The number of rotatable bonds is 7. The van der Waals surface area contributed by atoms with Gasteiger partial charge in [-0.05, 0) is 47.6 Å². The highest BCUT2D eigenvalue weighted by molar-refractivity contribution is 6.78. The molecule has 0 amide bonds. The molecule has 0 spiro atoms. The Morgan fingerprint density at radius 1 is 1.00 bits per heavy atom. The second-order valence-corrected chi connectivity index (χ2v) is 14.3. The van der Waals surface area contributed by atoms with E-state index in [2.05, 4.69) is 25.6 Å². The minimum Gasteiger partial charge on any atom is -0.205 e. The smallest absolute Gasteiger partial charge is 0.145 e. The van der Waals surface area contributed by atoms with E-state index < -0.39 is 24.7 Å². The molecule has 1 aliphatic heterocycles. The summed E-state index contributed by atoms with van der Waals surface area (Å²) in [5.74, 6) is -0.568. The molecule has 0 saturated carbocycles. The molecule has 0 atom stereocenters. The summed E-state index contributed by atoms with van der Waals surface area (Å²) in [6, 6.07) is 15.2. The minimum atomic E-state index is -0.937. The van der Waals surface area contributed by atoms with Gasteiger partial charge in [-0.2, -0.15) is 0 Å². The molecule has 0 radical (unpaired) electrons. The molecule has 3 rings (SSSR count). The lowest BCUT2D eigenvalue weighted by molar-refractivity contribution is 0.433. The van der Waals surface area contributed by atoms with E-state index in [4.69, 9.17) is 11.6 Å². The van der Waals surface area contributed by atoms with Crippen LogP contribution in [0.3, 0.4) is 0 Å². The molecule has 0 aliphatic carbocycles. The molecule has 152 valence electrons. The third kappa shape index (κ3) is 5.45. The molecule has 1 heterocycles. The highest BCUT2D eigenvalue weighted by Crippen LogP contribution is 2.38. The average molecular weight is 421 g/mol. The Morgan fingerprint density at radius 2 is 1.61 bits per heavy atom. The number of hydrogen-bond acceptors (Lipinski definition) is 0. The first-order valence-electron chi connectivity index (χ1n) is 10.6. The Hall–Kier alpha value is -1.19. The molecule has 28 heavy (non-hydrogen) atoms. The van der Waals surface area contributed by atoms with Crippen molar-refractivity contribution in [3.05, 3.63) is 58.6 Å². The number of unbranched alkanes of at least 4 members (excludes halogenated alkanes) is 1. The van der Waals surface area contributed by atoms with Crippen LogP contribution in [0.4, 0.5) is 8.78 Å². The van der Waals surface area contributed by atoms with Crippen LogP contribution in [0, 0.1) is 17.6 Å². The number of aryl methyl sites for hydroxylation is 1. The molecule has 1 aliphatic rings. The van der Waals surface area contributed by atoms with Gasteiger partial charge in [0.15, 0.2) is 0 Å². The molecular weight excluding hydrogens is 390 g/mol. The molecule has 0 bridgehead atoms. The zero-order valence-electron chi connectivity index (χ0n) is 17.0. The summed E-state index contributed by atoms with van der Waals surface area (Å²) in [4.78, 5) is 0. The predicted molar refractivity (Wildman–Crippen MR) is 119 cm³/mol. The van der Waals surface area contributed by atoms with Crippen LogP contribution in [-0.2, 0) is 6.42 Å². The monoisotopic (exact) mass is 420 g/mol. The normalized spacial score (nSPS) is 22.4. The largest absolute Gasteiger partial charge is 0.205 e. The molecule has 2 aromatic rings. The number of benzene rings is 2. The fourth-order valence-corrected chi connectivity index (χ4v) is 8.75. The van der Waals surface area contributed by atoms with Crippen LogP contribution in [0.1, 0.15) is 44.6 Å². The minimum absolute atomic E-state index is 0.443. The summed E-state index contributed by atoms with van der Waals surface area (Å²) < 4.78 is 27.4. The molecule has 0 unspecified atom stereocenters. The van der Waals surface area contributed by atoms with Gasteiger partial charge in [-0.1, -0.05) is 93.2 Å². The molecule has 0 nitrogen and oxygen atoms in total. The van der Waals surface area contributed by atoms with Crippen molar-refractivity contribution in [1.82, 2.24) is 0 Å². The first-order valence-corrected chi connectivity index (χ1v) is 14.1. The Labute approximate surface area is 174 Å². The second-order valence-electron chi connectivity index (χ2n) is 8.85. The van der Waals surface area contributed by atoms with Gasteiger partial charge in [0.25, 0.3) is 0 Å². The molecule has 1 fully saturated rings. The number of halogens is 3. The SMILES string of the molecule is CCCC[Si]1(C)CCC(CCc2ccc(-c3cc(F)c(Cl)c(F)c3)cc2)CC1. The van der Waals surface area contributed by atoms with E-state index in [0.717, 1.165) is 17.9 Å². The van der Waals surface area contributed by atoms with Gasteiger partial charge in [0, 0.05) is 0 Å². The maximum Gasteiger partial charge on any atom is 0.145 e. The fraction of sp³-hybridized carbons (Fsp3) is 0.500. The van der Waals surface area contributed by atoms with Crippen LogP contribution >= 0.6 is 11.6 Å². The standard InChI is InChI=1S/C24H31ClF2Si/c1-3-4-13-28(2)14-11-19(12-15-28)6-5-18-7-9-20(10-8-18)21-16-22(26)24(25)23(27)17-21/h7-10,16-17,19H,3-6,11-15H2,1-2H3. The summed E-state index contributed by atoms with van der Waals surface area (Å²) in [5, 5.41) is -0.443. The quantitative estimate of drug-likeness (QED) is 0.311. The Bertz CT molecular complexity index is 757. The first kappa shape index (κ1) is 21.5. The van der Waals surface area contributed by atoms with Gasteiger partial charge >= 0.3 is 0 Å². The maximum absolute atomic E-state index is 13.7. The summed E-state index contributed by atoms with van der Waals surface area (Å²) in [6.45, 7) is 4.91. The van der Waals surface area contributed by atoms with Gasteiger partial charge in [0.05, 0.1) is 8.07 Å². The predicted octanol–water partition coefficient (Wildman–Crippen LogP) is 8.51. The fourth-order valence-electron chi connectivity index (χ4n) is 4.47. The zero-order chi connectivity index (χ0) is 20.1. The van der Waals surface area contributed by atoms with Crippen LogP contribution in [0.25, 0.3) is 11.1 Å². The first-order chi connectivity index (χ1) is 13.4. The van der Waals surface area contributed by atoms with Crippen molar-refractivity contribution in [2.24, 2.45) is 5.92 Å². The van der Waals surface area contributed by atoms with E-state index in [1.165, 1.54) is 67.9 Å². The summed E-state index contributed by atoms with van der Waals surface area (Å²) in [6.07, 6.45) is 7.91. The van der Waals surface area contributed by atoms with Crippen molar-refractivity contribution in [3.63, 3.8) is 0 Å². The van der Waals surface area contributed by atoms with Crippen molar-refractivity contribution in [3.8, 4) is 11.1 Å². The Kier molecular flexibility index (Phi) is 7.33. The van der Waals surface area contributed by atoms with Crippen molar-refractivity contribution in [2.75, 3.05) is 0 Å². The van der Waals surface area contributed by atoms with E-state index in [9.17, 15) is 8.78 Å². The van der Waals surface area contributed by atoms with Crippen molar-refractivity contribution < 1.29 is 8.78 Å². The molecule has 0 aromatic heterocycles. The van der Waals surface area contributed by atoms with Gasteiger partial charge in [0.2, 0.25) is 0 Å². The van der Waals surface area contributed by atoms with Crippen molar-refractivity contribution >= 4 is 19.7 Å². The molecule has 2 aromatic carbocycles. The lowest BCUT2D eigenvalue weighted by Crippen LogP contribution is -2.34. The van der Waals surface area contributed by atoms with Gasteiger partial charge < -0.3 is 0 Å². The highest BCUT2D eigenvalue weighted by atomic mass is 35.5. The molecule has 0 N–H and O–H groups in total. The highest BCUT2D eigenvalue weighted by Gasteiger charge is 2.31. The summed E-state index contributed by atoms with van der Waals surface area (Å²) in [5.41, 5.74) is 2.64. The van der Waals surface area contributed by atoms with Crippen LogP contribution in [0.15, 0.2) is 36.4 Å². The summed E-state index contributed by atoms with van der Waals surface area (Å²) >= 11 is 5.57. The lowest BCUT2D eigenvalue weighted by Gasteiger charge is -2.36. The average Bonchev–Trinajstić information content (AvgIpc) is 2.70. The van der Waals surface area contributed by atoms with E-state index in [0.29, 0.717) is 5.56 Å². The van der Waals surface area contributed by atoms with E-state index in [-0.39, 0.29) is 0 Å². The molecular formula is C24H31ClF2Si. The molecule has 1 saturated heterocycles. The third-order valence-corrected chi connectivity index (χ3v) is 11.5. The van der Waals surface area contributed by atoms with E-state index >= 15 is 0 Å². The van der Waals surface area contributed by atoms with E-state index in [1.54, 1.807) is 0 Å². The van der Waals surface area contributed by atoms with Crippen LogP contribution < -0.4 is 0 Å². The van der Waals surface area contributed by atoms with Crippen molar-refractivity contribution in [2.45, 2.75) is 70.1 Å². The van der Waals surface area contributed by atoms with E-state index in [1.807, 2.05) is 12.1 Å². The molecule has 4 heteroatoms. The van der Waals surface area contributed by atoms with Crippen LogP contribution in [-0.4, -0.2) is 8.07 Å². The van der Waals surface area contributed by atoms with Crippen LogP contribution in [0.5, 0.6) is 0 Å². The van der Waals surface area contributed by atoms with Gasteiger partial charge in [-0.15, -0.1) is 0 Å². The van der Waals surface area contributed by atoms with Gasteiger partial charge in [-0.25, -0.2) is 8.78 Å². The van der Waals surface area contributed by atoms with Crippen LogP contribution in [0.2, 0.25) is 29.7 Å². The Morgan fingerprint density at radius 3 is 2.18 bits per heavy atom. The maximum atomic E-state index is 13.7. The van der Waals surface area contributed by atoms with Gasteiger partial charge in [-0.3, -0.25) is 0 Å². The Balaban J connectivity index is 1.53. The lowest BCUT2D eigenvalue weighted by atomic mass is 9.93. The topological polar surface area (TPSA) is 0 Å². The van der Waals surface area contributed by atoms with Crippen molar-refractivity contribution in [1.29, 1.82) is 0 Å². The summed E-state index contributed by atoms with van der Waals surface area (Å²) in [7, 11) is -0.937. The van der Waals surface area contributed by atoms with Gasteiger partial charge in [0.1, 0.15) is 16.7 Å². The third-order valence-electron chi connectivity index (χ3n) is 6.56.